The molecule has 0 aliphatic rings. The number of rotatable bonds is 7. The average molecular weight is 216 g/mol. The van der Waals surface area contributed by atoms with Crippen LogP contribution in [0, 0.1) is 5.92 Å². The summed E-state index contributed by atoms with van der Waals surface area (Å²) in [5, 5.41) is 2.77. The second-order valence-electron chi connectivity index (χ2n) is 4.07. The van der Waals surface area contributed by atoms with Gasteiger partial charge in [0.15, 0.2) is 0 Å². The van der Waals surface area contributed by atoms with Gasteiger partial charge in [0.25, 0.3) is 0 Å². The highest BCUT2D eigenvalue weighted by Gasteiger charge is 2.10. The van der Waals surface area contributed by atoms with Crippen molar-refractivity contribution in [2.75, 3.05) is 13.1 Å². The van der Waals surface area contributed by atoms with Crippen LogP contribution in [0.25, 0.3) is 0 Å². The third kappa shape index (κ3) is 8.24. The molecule has 0 aromatic heterocycles. The lowest BCUT2D eigenvalue weighted by atomic mass is 10.00. The van der Waals surface area contributed by atoms with Gasteiger partial charge in [-0.15, -0.1) is 0 Å². The summed E-state index contributed by atoms with van der Waals surface area (Å²) in [5.74, 6) is 0.472. The van der Waals surface area contributed by atoms with Gasteiger partial charge < -0.3 is 15.8 Å². The molecular formula is C11H24N2O2. The van der Waals surface area contributed by atoms with E-state index in [0.29, 0.717) is 19.0 Å². The van der Waals surface area contributed by atoms with E-state index in [1.165, 1.54) is 0 Å². The fourth-order valence-electron chi connectivity index (χ4n) is 1.48. The summed E-state index contributed by atoms with van der Waals surface area (Å²) in [4.78, 5) is 11.2. The third-order valence-corrected chi connectivity index (χ3v) is 2.15. The van der Waals surface area contributed by atoms with E-state index in [1.54, 1.807) is 0 Å². The topological polar surface area (TPSA) is 64.3 Å². The monoisotopic (exact) mass is 216 g/mol. The number of hydrogen-bond acceptors (Lipinski definition) is 3. The van der Waals surface area contributed by atoms with Crippen molar-refractivity contribution in [3.63, 3.8) is 0 Å². The van der Waals surface area contributed by atoms with Crippen molar-refractivity contribution in [2.45, 2.75) is 46.1 Å². The van der Waals surface area contributed by atoms with Gasteiger partial charge >= 0.3 is 6.09 Å². The summed E-state index contributed by atoms with van der Waals surface area (Å²) in [7, 11) is 0. The fourth-order valence-corrected chi connectivity index (χ4v) is 1.48. The minimum atomic E-state index is -0.330. The maximum Gasteiger partial charge on any atom is 0.407 e. The summed E-state index contributed by atoms with van der Waals surface area (Å²) in [5.41, 5.74) is 5.50. The second-order valence-corrected chi connectivity index (χ2v) is 4.07. The van der Waals surface area contributed by atoms with Crippen LogP contribution in [0.15, 0.2) is 0 Å². The Hall–Kier alpha value is -0.770. The molecule has 0 heterocycles. The van der Waals surface area contributed by atoms with Gasteiger partial charge in [-0.3, -0.25) is 0 Å². The molecule has 0 saturated heterocycles. The lowest BCUT2D eigenvalue weighted by Crippen LogP contribution is -2.32. The van der Waals surface area contributed by atoms with Gasteiger partial charge in [-0.05, 0) is 39.2 Å². The van der Waals surface area contributed by atoms with Crippen molar-refractivity contribution in [3.8, 4) is 0 Å². The Morgan fingerprint density at radius 3 is 2.53 bits per heavy atom. The van der Waals surface area contributed by atoms with E-state index in [4.69, 9.17) is 10.5 Å². The zero-order valence-electron chi connectivity index (χ0n) is 10.1. The van der Waals surface area contributed by atoms with Crippen LogP contribution in [0.2, 0.25) is 0 Å². The predicted octanol–water partition coefficient (Wildman–Crippen LogP) is 1.89. The molecule has 1 atom stereocenters. The van der Waals surface area contributed by atoms with Crippen LogP contribution in [0.4, 0.5) is 4.79 Å². The summed E-state index contributed by atoms with van der Waals surface area (Å²) in [6.07, 6.45) is 2.77. The van der Waals surface area contributed by atoms with E-state index in [-0.39, 0.29) is 12.2 Å². The van der Waals surface area contributed by atoms with Gasteiger partial charge in [0.1, 0.15) is 0 Å². The Kier molecular flexibility index (Phi) is 8.09. The maximum atomic E-state index is 11.2. The van der Waals surface area contributed by atoms with E-state index in [0.717, 1.165) is 19.3 Å². The van der Waals surface area contributed by atoms with Crippen molar-refractivity contribution in [3.05, 3.63) is 0 Å². The number of hydrogen-bond donors (Lipinski definition) is 2. The average Bonchev–Trinajstić information content (AvgIpc) is 2.14. The van der Waals surface area contributed by atoms with Crippen LogP contribution in [-0.4, -0.2) is 25.3 Å². The zero-order chi connectivity index (χ0) is 11.7. The van der Waals surface area contributed by atoms with Crippen LogP contribution in [-0.2, 0) is 4.74 Å². The van der Waals surface area contributed by atoms with Crippen LogP contribution in [0.3, 0.4) is 0 Å². The molecule has 0 aliphatic carbocycles. The van der Waals surface area contributed by atoms with Crippen molar-refractivity contribution in [2.24, 2.45) is 11.7 Å². The van der Waals surface area contributed by atoms with E-state index >= 15 is 0 Å². The molecule has 0 aromatic rings. The van der Waals surface area contributed by atoms with E-state index < -0.39 is 0 Å². The molecule has 0 spiro atoms. The zero-order valence-corrected chi connectivity index (χ0v) is 10.1. The number of carbonyl (C=O) groups excluding carboxylic acids is 1. The molecule has 4 heteroatoms. The number of ether oxygens (including phenoxy) is 1. The van der Waals surface area contributed by atoms with Crippen molar-refractivity contribution >= 4 is 6.09 Å². The second kappa shape index (κ2) is 8.53. The molecule has 0 aliphatic heterocycles. The highest BCUT2D eigenvalue weighted by atomic mass is 16.6. The first-order valence-corrected chi connectivity index (χ1v) is 5.74. The molecule has 4 nitrogen and oxygen atoms in total. The van der Waals surface area contributed by atoms with Crippen LogP contribution in [0.1, 0.15) is 40.0 Å². The molecule has 0 bridgehead atoms. The predicted molar refractivity (Wildman–Crippen MR) is 61.7 cm³/mol. The number of carbonyl (C=O) groups is 1. The van der Waals surface area contributed by atoms with Gasteiger partial charge in [0, 0.05) is 6.54 Å². The molecule has 0 fully saturated rings. The molecule has 0 aromatic carbocycles. The Bertz CT molecular complexity index is 166. The Morgan fingerprint density at radius 2 is 2.07 bits per heavy atom. The smallest absolute Gasteiger partial charge is 0.407 e. The Balaban J connectivity index is 3.72. The SMILES string of the molecule is CCCC(CCN)CNC(=O)OC(C)C. The molecule has 90 valence electrons. The van der Waals surface area contributed by atoms with Crippen molar-refractivity contribution < 1.29 is 9.53 Å². The van der Waals surface area contributed by atoms with Crippen molar-refractivity contribution in [1.29, 1.82) is 0 Å². The molecule has 1 amide bonds. The van der Waals surface area contributed by atoms with Crippen LogP contribution >= 0.6 is 0 Å². The Labute approximate surface area is 92.6 Å². The normalized spacial score (nSPS) is 12.6. The van der Waals surface area contributed by atoms with Crippen molar-refractivity contribution in [1.82, 2.24) is 5.32 Å². The van der Waals surface area contributed by atoms with E-state index in [2.05, 4.69) is 12.2 Å². The number of alkyl carbamates (subject to hydrolysis) is 1. The van der Waals surface area contributed by atoms with Crippen LogP contribution in [0.5, 0.6) is 0 Å². The summed E-state index contributed by atoms with van der Waals surface area (Å²) < 4.78 is 4.98. The third-order valence-electron chi connectivity index (χ3n) is 2.15. The summed E-state index contributed by atoms with van der Waals surface area (Å²) >= 11 is 0. The Morgan fingerprint density at radius 1 is 1.40 bits per heavy atom. The fraction of sp³-hybridized carbons (Fsp3) is 0.909. The highest BCUT2D eigenvalue weighted by Crippen LogP contribution is 2.08. The van der Waals surface area contributed by atoms with Gasteiger partial charge in [0.05, 0.1) is 6.10 Å². The minimum Gasteiger partial charge on any atom is -0.447 e. The quantitative estimate of drug-likeness (QED) is 0.683. The first-order valence-electron chi connectivity index (χ1n) is 5.74. The largest absolute Gasteiger partial charge is 0.447 e. The molecule has 0 rings (SSSR count). The summed E-state index contributed by atoms with van der Waals surface area (Å²) in [6.45, 7) is 7.14. The lowest BCUT2D eigenvalue weighted by Gasteiger charge is -2.16. The first-order chi connectivity index (χ1) is 7.10. The number of nitrogens with two attached hydrogens (primary N) is 1. The van der Waals surface area contributed by atoms with Gasteiger partial charge in [-0.1, -0.05) is 13.3 Å². The highest BCUT2D eigenvalue weighted by molar-refractivity contribution is 5.67. The summed E-state index contributed by atoms with van der Waals surface area (Å²) in [6, 6.07) is 0. The maximum absolute atomic E-state index is 11.2. The van der Waals surface area contributed by atoms with E-state index in [9.17, 15) is 4.79 Å². The van der Waals surface area contributed by atoms with Crippen LogP contribution < -0.4 is 11.1 Å². The van der Waals surface area contributed by atoms with E-state index in [1.807, 2.05) is 13.8 Å². The molecule has 0 radical (unpaired) electrons. The molecule has 1 unspecified atom stereocenters. The van der Waals surface area contributed by atoms with Gasteiger partial charge in [0.2, 0.25) is 0 Å². The standard InChI is InChI=1S/C11H24N2O2/c1-4-5-10(6-7-12)8-13-11(14)15-9(2)3/h9-10H,4-8,12H2,1-3H3,(H,13,14). The molecule has 15 heavy (non-hydrogen) atoms. The lowest BCUT2D eigenvalue weighted by molar-refractivity contribution is 0.114. The first kappa shape index (κ1) is 14.2. The number of nitrogens with one attached hydrogen (secondary N) is 1. The minimum absolute atomic E-state index is 0.0656. The molecule has 3 N–H and O–H groups in total. The number of amides is 1. The van der Waals surface area contributed by atoms with Gasteiger partial charge in [-0.2, -0.15) is 0 Å². The van der Waals surface area contributed by atoms with Gasteiger partial charge in [-0.25, -0.2) is 4.79 Å². The molecular weight excluding hydrogens is 192 g/mol. The molecule has 0 saturated carbocycles.